The van der Waals surface area contributed by atoms with Crippen molar-refractivity contribution in [1.82, 2.24) is 19.5 Å². The second-order valence-electron chi connectivity index (χ2n) is 7.82. The molecule has 1 saturated heterocycles. The van der Waals surface area contributed by atoms with E-state index in [1.807, 2.05) is 30.3 Å². The molecule has 11 heteroatoms. The molecule has 11 nitrogen and oxygen atoms in total. The smallest absolute Gasteiger partial charge is 0.303 e. The SMILES string of the molecule is CC(=O)OC[C@H]1O[C@@H](n2cnc3c(Cc4ccccc4)ncnc32)[C@H](OC(C)=O)[C@@H]1OC(C)=O. The molecule has 178 valence electrons. The molecule has 0 radical (unpaired) electrons. The van der Waals surface area contributed by atoms with Crippen LogP contribution in [0.4, 0.5) is 0 Å². The van der Waals surface area contributed by atoms with Gasteiger partial charge in [-0.3, -0.25) is 19.0 Å². The molecule has 1 aliphatic heterocycles. The van der Waals surface area contributed by atoms with Gasteiger partial charge in [0, 0.05) is 27.2 Å². The molecule has 4 atom stereocenters. The van der Waals surface area contributed by atoms with Gasteiger partial charge in [0.1, 0.15) is 24.6 Å². The van der Waals surface area contributed by atoms with Crippen molar-refractivity contribution in [2.45, 2.75) is 51.7 Å². The van der Waals surface area contributed by atoms with Crippen molar-refractivity contribution in [3.8, 4) is 0 Å². The van der Waals surface area contributed by atoms with E-state index >= 15 is 0 Å². The maximum atomic E-state index is 11.9. The van der Waals surface area contributed by atoms with E-state index in [1.165, 1.54) is 33.4 Å². The van der Waals surface area contributed by atoms with Crippen LogP contribution in [0.25, 0.3) is 11.2 Å². The van der Waals surface area contributed by atoms with E-state index < -0.39 is 42.4 Å². The van der Waals surface area contributed by atoms with E-state index in [0.29, 0.717) is 23.3 Å². The van der Waals surface area contributed by atoms with E-state index in [0.717, 1.165) is 5.56 Å². The first-order chi connectivity index (χ1) is 16.3. The number of fused-ring (bicyclic) bond motifs is 1. The van der Waals surface area contributed by atoms with Crippen LogP contribution in [0.5, 0.6) is 0 Å². The minimum absolute atomic E-state index is 0.192. The Hall–Kier alpha value is -3.86. The zero-order chi connectivity index (χ0) is 24.2. The molecule has 1 aromatic carbocycles. The van der Waals surface area contributed by atoms with Gasteiger partial charge in [0.25, 0.3) is 0 Å². The number of ether oxygens (including phenoxy) is 4. The Morgan fingerprint density at radius 2 is 1.65 bits per heavy atom. The van der Waals surface area contributed by atoms with Gasteiger partial charge >= 0.3 is 17.9 Å². The van der Waals surface area contributed by atoms with E-state index in [2.05, 4.69) is 15.0 Å². The lowest BCUT2D eigenvalue weighted by molar-refractivity contribution is -0.166. The fraction of sp³-hybridized carbons (Fsp3) is 0.391. The highest BCUT2D eigenvalue weighted by Gasteiger charge is 2.51. The van der Waals surface area contributed by atoms with Gasteiger partial charge in [0.05, 0.1) is 12.0 Å². The number of carbonyl (C=O) groups excluding carboxylic acids is 3. The summed E-state index contributed by atoms with van der Waals surface area (Å²) in [5.41, 5.74) is 2.79. The first-order valence-electron chi connectivity index (χ1n) is 10.7. The standard InChI is InChI=1S/C23H24N4O7/c1-13(28)31-10-18-20(32-14(2)29)21(33-15(3)30)23(34-18)27-12-26-19-17(24-11-25-22(19)27)9-16-7-5-4-6-8-16/h4-8,11-12,18,20-21,23H,9-10H2,1-3H3/t18-,20-,21-,23-/m1/s1. The summed E-state index contributed by atoms with van der Waals surface area (Å²) in [5.74, 6) is -1.71. The Balaban J connectivity index is 1.71. The second-order valence-corrected chi connectivity index (χ2v) is 7.82. The molecule has 3 aromatic rings. The molecular formula is C23H24N4O7. The quantitative estimate of drug-likeness (QED) is 0.373. The average molecular weight is 468 g/mol. The third-order valence-corrected chi connectivity index (χ3v) is 5.26. The monoisotopic (exact) mass is 468 g/mol. The maximum Gasteiger partial charge on any atom is 0.303 e. The predicted molar refractivity (Wildman–Crippen MR) is 116 cm³/mol. The fourth-order valence-electron chi connectivity index (χ4n) is 3.92. The van der Waals surface area contributed by atoms with Crippen molar-refractivity contribution < 1.29 is 33.3 Å². The number of esters is 3. The van der Waals surface area contributed by atoms with Gasteiger partial charge in [-0.15, -0.1) is 0 Å². The summed E-state index contributed by atoms with van der Waals surface area (Å²) in [7, 11) is 0. The van der Waals surface area contributed by atoms with Crippen molar-refractivity contribution in [1.29, 1.82) is 0 Å². The topological polar surface area (TPSA) is 132 Å². The highest BCUT2D eigenvalue weighted by Crippen LogP contribution is 2.36. The van der Waals surface area contributed by atoms with Crippen molar-refractivity contribution in [2.24, 2.45) is 0 Å². The molecular weight excluding hydrogens is 444 g/mol. The molecule has 0 spiro atoms. The van der Waals surface area contributed by atoms with Gasteiger partial charge < -0.3 is 18.9 Å². The van der Waals surface area contributed by atoms with E-state index in [9.17, 15) is 14.4 Å². The van der Waals surface area contributed by atoms with Crippen LogP contribution in [0.3, 0.4) is 0 Å². The Morgan fingerprint density at radius 3 is 2.32 bits per heavy atom. The largest absolute Gasteiger partial charge is 0.463 e. The molecule has 0 bridgehead atoms. The van der Waals surface area contributed by atoms with E-state index in [-0.39, 0.29) is 6.61 Å². The summed E-state index contributed by atoms with van der Waals surface area (Å²) in [6, 6.07) is 9.81. The van der Waals surface area contributed by atoms with Crippen LogP contribution in [-0.2, 0) is 39.8 Å². The number of benzene rings is 1. The fourth-order valence-corrected chi connectivity index (χ4v) is 3.92. The average Bonchev–Trinajstić information content (AvgIpc) is 3.35. The van der Waals surface area contributed by atoms with Gasteiger partial charge in [0.2, 0.25) is 0 Å². The van der Waals surface area contributed by atoms with Gasteiger partial charge in [-0.1, -0.05) is 30.3 Å². The zero-order valence-electron chi connectivity index (χ0n) is 18.9. The lowest BCUT2D eigenvalue weighted by Gasteiger charge is -2.23. The molecule has 3 heterocycles. The Bertz CT molecular complexity index is 1200. The van der Waals surface area contributed by atoms with Gasteiger partial charge in [-0.05, 0) is 5.56 Å². The minimum atomic E-state index is -1.02. The number of nitrogens with zero attached hydrogens (tertiary/aromatic N) is 4. The van der Waals surface area contributed by atoms with Crippen LogP contribution in [-0.4, -0.2) is 62.3 Å². The van der Waals surface area contributed by atoms with Gasteiger partial charge in [-0.2, -0.15) is 0 Å². The second kappa shape index (κ2) is 9.96. The first kappa shape index (κ1) is 23.3. The van der Waals surface area contributed by atoms with Crippen LogP contribution in [0.2, 0.25) is 0 Å². The first-order valence-corrected chi connectivity index (χ1v) is 10.7. The summed E-state index contributed by atoms with van der Waals surface area (Å²) in [6.45, 7) is 3.54. The van der Waals surface area contributed by atoms with Gasteiger partial charge in [0.15, 0.2) is 24.1 Å². The predicted octanol–water partition coefficient (Wildman–Crippen LogP) is 1.74. The Morgan fingerprint density at radius 1 is 0.941 bits per heavy atom. The van der Waals surface area contributed by atoms with Crippen LogP contribution in [0.1, 0.15) is 38.3 Å². The molecule has 1 fully saturated rings. The summed E-state index contributed by atoms with van der Waals surface area (Å²) in [6.07, 6.45) is -0.354. The number of imidazole rings is 1. The van der Waals surface area contributed by atoms with Crippen molar-refractivity contribution in [3.05, 3.63) is 54.2 Å². The molecule has 34 heavy (non-hydrogen) atoms. The number of carbonyl (C=O) groups is 3. The minimum Gasteiger partial charge on any atom is -0.463 e. The van der Waals surface area contributed by atoms with Crippen molar-refractivity contribution in [2.75, 3.05) is 6.61 Å². The highest BCUT2D eigenvalue weighted by atomic mass is 16.7. The molecule has 2 aromatic heterocycles. The number of aromatic nitrogens is 4. The third kappa shape index (κ3) is 5.04. The van der Waals surface area contributed by atoms with Crippen molar-refractivity contribution >= 4 is 29.1 Å². The zero-order valence-corrected chi connectivity index (χ0v) is 18.9. The summed E-state index contributed by atoms with van der Waals surface area (Å²) in [4.78, 5) is 48.2. The molecule has 0 saturated carbocycles. The summed E-state index contributed by atoms with van der Waals surface area (Å²) in [5, 5.41) is 0. The van der Waals surface area contributed by atoms with Crippen LogP contribution in [0, 0.1) is 0 Å². The van der Waals surface area contributed by atoms with E-state index in [4.69, 9.17) is 18.9 Å². The van der Waals surface area contributed by atoms with Crippen molar-refractivity contribution in [3.63, 3.8) is 0 Å². The maximum absolute atomic E-state index is 11.9. The summed E-state index contributed by atoms with van der Waals surface area (Å²) < 4.78 is 23.7. The van der Waals surface area contributed by atoms with Gasteiger partial charge in [-0.25, -0.2) is 15.0 Å². The molecule has 0 aliphatic carbocycles. The van der Waals surface area contributed by atoms with Crippen LogP contribution < -0.4 is 0 Å². The molecule has 0 unspecified atom stereocenters. The Kier molecular flexibility index (Phi) is 6.82. The molecule has 0 N–H and O–H groups in total. The van der Waals surface area contributed by atoms with E-state index in [1.54, 1.807) is 4.57 Å². The third-order valence-electron chi connectivity index (χ3n) is 5.26. The van der Waals surface area contributed by atoms with Crippen LogP contribution >= 0.6 is 0 Å². The molecule has 1 aliphatic rings. The lowest BCUT2D eigenvalue weighted by Crippen LogP contribution is -2.40. The lowest BCUT2D eigenvalue weighted by atomic mass is 10.1. The summed E-state index contributed by atoms with van der Waals surface area (Å²) >= 11 is 0. The number of hydrogen-bond donors (Lipinski definition) is 0. The molecule has 4 rings (SSSR count). The number of hydrogen-bond acceptors (Lipinski definition) is 10. The highest BCUT2D eigenvalue weighted by molar-refractivity contribution is 5.74. The molecule has 0 amide bonds. The van der Waals surface area contributed by atoms with Crippen LogP contribution in [0.15, 0.2) is 43.0 Å². The number of rotatable bonds is 7. The normalized spacial score (nSPS) is 21.9. The Labute approximate surface area is 195 Å².